The number of aryl methyl sites for hydroxylation is 1. The number of nitrogens with two attached hydrogens (primary N) is 1. The molecule has 11 nitrogen and oxygen atoms in total. The van der Waals surface area contributed by atoms with Crippen LogP contribution in [0.1, 0.15) is 22.3 Å². The van der Waals surface area contributed by atoms with Gasteiger partial charge in [0.1, 0.15) is 12.4 Å². The SMILES string of the molecule is NC(=O)c1ccc(OC(=O)OCCOCCNC(=S)Nc2ccc(CCCNCC(O)O)cc2)cc1. The zero-order chi connectivity index (χ0) is 26.2. The molecule has 2 rings (SSSR count). The van der Waals surface area contributed by atoms with Gasteiger partial charge in [-0.3, -0.25) is 4.79 Å². The van der Waals surface area contributed by atoms with Gasteiger partial charge in [-0.05, 0) is 73.6 Å². The van der Waals surface area contributed by atoms with Gasteiger partial charge in [0.25, 0.3) is 0 Å². The smallest absolute Gasteiger partial charge is 0.432 e. The van der Waals surface area contributed by atoms with E-state index in [1.807, 2.05) is 24.3 Å². The van der Waals surface area contributed by atoms with Crippen molar-refractivity contribution in [1.82, 2.24) is 10.6 Å². The van der Waals surface area contributed by atoms with Gasteiger partial charge in [-0.15, -0.1) is 0 Å². The first-order valence-corrected chi connectivity index (χ1v) is 11.8. The van der Waals surface area contributed by atoms with Gasteiger partial charge in [0, 0.05) is 24.3 Å². The molecule has 0 fully saturated rings. The molecule has 2 aromatic carbocycles. The Bertz CT molecular complexity index is 956. The first kappa shape index (κ1) is 28.9. The van der Waals surface area contributed by atoms with E-state index in [0.717, 1.165) is 18.5 Å². The summed E-state index contributed by atoms with van der Waals surface area (Å²) in [5.41, 5.74) is 7.49. The normalized spacial score (nSPS) is 10.6. The van der Waals surface area contributed by atoms with Gasteiger partial charge in [0.15, 0.2) is 11.4 Å². The number of primary amides is 1. The molecule has 0 aromatic heterocycles. The summed E-state index contributed by atoms with van der Waals surface area (Å²) in [6, 6.07) is 13.7. The van der Waals surface area contributed by atoms with Crippen molar-refractivity contribution in [1.29, 1.82) is 0 Å². The van der Waals surface area contributed by atoms with E-state index in [1.54, 1.807) is 0 Å². The largest absolute Gasteiger partial charge is 0.513 e. The zero-order valence-corrected chi connectivity index (χ0v) is 20.6. The van der Waals surface area contributed by atoms with Crippen LogP contribution < -0.4 is 26.4 Å². The summed E-state index contributed by atoms with van der Waals surface area (Å²) in [4.78, 5) is 22.7. The van der Waals surface area contributed by atoms with Crippen molar-refractivity contribution in [3.63, 3.8) is 0 Å². The minimum Gasteiger partial charge on any atom is -0.432 e. The van der Waals surface area contributed by atoms with Crippen LogP contribution in [0.3, 0.4) is 0 Å². The number of hydrogen-bond donors (Lipinski definition) is 6. The topological polar surface area (TPSA) is 164 Å². The molecular formula is C24H32N4O7S. The van der Waals surface area contributed by atoms with Crippen molar-refractivity contribution in [3.05, 3.63) is 59.7 Å². The van der Waals surface area contributed by atoms with E-state index in [9.17, 15) is 9.59 Å². The number of aliphatic hydroxyl groups excluding tert-OH is 1. The average molecular weight is 521 g/mol. The second-order valence-electron chi connectivity index (χ2n) is 7.57. The van der Waals surface area contributed by atoms with Crippen LogP contribution in [-0.2, 0) is 15.9 Å². The third-order valence-corrected chi connectivity index (χ3v) is 4.92. The highest BCUT2D eigenvalue weighted by atomic mass is 32.1. The summed E-state index contributed by atoms with van der Waals surface area (Å²) in [6.45, 7) is 1.91. The Labute approximate surface area is 214 Å². The number of ether oxygens (including phenoxy) is 3. The lowest BCUT2D eigenvalue weighted by atomic mass is 10.1. The zero-order valence-electron chi connectivity index (χ0n) is 19.8. The highest BCUT2D eigenvalue weighted by molar-refractivity contribution is 7.80. The number of amides is 1. The van der Waals surface area contributed by atoms with Crippen LogP contribution in [-0.4, -0.2) is 73.1 Å². The number of hydrogen-bond acceptors (Lipinski definition) is 9. The molecule has 0 aliphatic carbocycles. The Balaban J connectivity index is 1.50. The lowest BCUT2D eigenvalue weighted by Gasteiger charge is -2.12. The van der Waals surface area contributed by atoms with E-state index < -0.39 is 18.4 Å². The van der Waals surface area contributed by atoms with E-state index in [2.05, 4.69) is 16.0 Å². The molecule has 0 heterocycles. The monoisotopic (exact) mass is 520 g/mol. The predicted octanol–water partition coefficient (Wildman–Crippen LogP) is 1.14. The van der Waals surface area contributed by atoms with Crippen molar-refractivity contribution in [2.45, 2.75) is 19.1 Å². The molecular weight excluding hydrogens is 488 g/mol. The fourth-order valence-electron chi connectivity index (χ4n) is 2.91. The molecule has 0 unspecified atom stereocenters. The third-order valence-electron chi connectivity index (χ3n) is 4.68. The molecule has 0 atom stereocenters. The molecule has 196 valence electrons. The quantitative estimate of drug-likeness (QED) is 0.0656. The molecule has 12 heteroatoms. The summed E-state index contributed by atoms with van der Waals surface area (Å²) < 4.78 is 15.3. The summed E-state index contributed by atoms with van der Waals surface area (Å²) in [5, 5.41) is 27.1. The van der Waals surface area contributed by atoms with Gasteiger partial charge in [0.2, 0.25) is 5.91 Å². The number of nitrogens with one attached hydrogen (secondary N) is 3. The number of carbonyl (C=O) groups is 2. The van der Waals surface area contributed by atoms with Crippen molar-refractivity contribution in [2.75, 3.05) is 44.8 Å². The van der Waals surface area contributed by atoms with Gasteiger partial charge in [-0.2, -0.15) is 0 Å². The minimum atomic E-state index is -1.33. The second-order valence-corrected chi connectivity index (χ2v) is 7.98. The maximum atomic E-state index is 11.7. The van der Waals surface area contributed by atoms with Crippen LogP contribution in [0.4, 0.5) is 10.5 Å². The van der Waals surface area contributed by atoms with Crippen molar-refractivity contribution >= 4 is 35.1 Å². The van der Waals surface area contributed by atoms with Gasteiger partial charge in [0.05, 0.1) is 13.2 Å². The van der Waals surface area contributed by atoms with Crippen molar-refractivity contribution in [3.8, 4) is 5.75 Å². The standard InChI is InChI=1S/C24H32N4O7S/c25-22(31)18-5-9-20(10-6-18)35-24(32)34-15-14-33-13-12-27-23(36)28-19-7-3-17(4-8-19)2-1-11-26-16-21(29)30/h3-10,21,26,29-30H,1-2,11-16H2,(H2,25,31)(H2,27,28,36). The molecule has 0 radical (unpaired) electrons. The minimum absolute atomic E-state index is 0.0205. The molecule has 0 saturated carbocycles. The van der Waals surface area contributed by atoms with E-state index >= 15 is 0 Å². The van der Waals surface area contributed by atoms with Gasteiger partial charge in [-0.1, -0.05) is 12.1 Å². The fourth-order valence-corrected chi connectivity index (χ4v) is 3.13. The van der Waals surface area contributed by atoms with Gasteiger partial charge < -0.3 is 46.1 Å². The van der Waals surface area contributed by atoms with Crippen molar-refractivity contribution in [2.24, 2.45) is 5.73 Å². The molecule has 0 saturated heterocycles. The lowest BCUT2D eigenvalue weighted by Crippen LogP contribution is -2.31. The molecule has 0 aliphatic rings. The Hall–Kier alpha value is -3.29. The lowest BCUT2D eigenvalue weighted by molar-refractivity contribution is -0.0370. The Kier molecular flexibility index (Phi) is 13.2. The maximum Gasteiger partial charge on any atom is 0.513 e. The first-order valence-electron chi connectivity index (χ1n) is 11.4. The molecule has 0 spiro atoms. The second kappa shape index (κ2) is 16.4. The van der Waals surface area contributed by atoms with Crippen LogP contribution >= 0.6 is 12.2 Å². The third kappa shape index (κ3) is 12.4. The van der Waals surface area contributed by atoms with E-state index in [1.165, 1.54) is 29.8 Å². The highest BCUT2D eigenvalue weighted by Gasteiger charge is 2.07. The van der Waals surface area contributed by atoms with Gasteiger partial charge >= 0.3 is 6.16 Å². The molecule has 7 N–H and O–H groups in total. The first-order chi connectivity index (χ1) is 17.3. The van der Waals surface area contributed by atoms with Crippen molar-refractivity contribution < 1.29 is 34.0 Å². The fraction of sp³-hybridized carbons (Fsp3) is 0.375. The highest BCUT2D eigenvalue weighted by Crippen LogP contribution is 2.13. The van der Waals surface area contributed by atoms with E-state index in [0.29, 0.717) is 30.4 Å². The van der Waals surface area contributed by atoms with Crippen LogP contribution in [0.5, 0.6) is 5.75 Å². The van der Waals surface area contributed by atoms with Crippen LogP contribution in [0.15, 0.2) is 48.5 Å². The van der Waals surface area contributed by atoms with Crippen LogP contribution in [0.2, 0.25) is 0 Å². The molecule has 1 amide bonds. The van der Waals surface area contributed by atoms with E-state index in [4.69, 9.17) is 42.4 Å². The Morgan fingerprint density at radius 3 is 2.36 bits per heavy atom. The van der Waals surface area contributed by atoms with Crippen LogP contribution in [0, 0.1) is 0 Å². The van der Waals surface area contributed by atoms with E-state index in [-0.39, 0.29) is 25.5 Å². The molecule has 0 bridgehead atoms. The summed E-state index contributed by atoms with van der Waals surface area (Å²) in [7, 11) is 0. The number of benzene rings is 2. The predicted molar refractivity (Wildman–Crippen MR) is 138 cm³/mol. The van der Waals surface area contributed by atoms with Gasteiger partial charge in [-0.25, -0.2) is 4.79 Å². The average Bonchev–Trinajstić information content (AvgIpc) is 2.84. The Morgan fingerprint density at radius 1 is 0.972 bits per heavy atom. The Morgan fingerprint density at radius 2 is 1.69 bits per heavy atom. The molecule has 2 aromatic rings. The number of anilines is 1. The molecule has 0 aliphatic heterocycles. The summed E-state index contributed by atoms with van der Waals surface area (Å²) in [6.07, 6.45) is -0.441. The number of thiocarbonyl (C=S) groups is 1. The maximum absolute atomic E-state index is 11.7. The number of rotatable bonds is 15. The molecule has 36 heavy (non-hydrogen) atoms. The summed E-state index contributed by atoms with van der Waals surface area (Å²) in [5.74, 6) is -0.334. The number of carbonyl (C=O) groups excluding carboxylic acids is 2. The summed E-state index contributed by atoms with van der Waals surface area (Å²) >= 11 is 5.27. The van der Waals surface area contributed by atoms with Crippen LogP contribution in [0.25, 0.3) is 0 Å². The number of aliphatic hydroxyl groups is 2.